The highest BCUT2D eigenvalue weighted by atomic mass is 16.5. The first kappa shape index (κ1) is 8.57. The minimum Gasteiger partial charge on any atom is -0.358 e. The van der Waals surface area contributed by atoms with E-state index in [0.717, 1.165) is 13.0 Å². The summed E-state index contributed by atoms with van der Waals surface area (Å²) in [5, 5.41) is 0. The third-order valence-electron chi connectivity index (χ3n) is 2.50. The summed E-state index contributed by atoms with van der Waals surface area (Å²) in [5.41, 5.74) is 1.23. The number of anilines is 1. The van der Waals surface area contributed by atoms with Crippen molar-refractivity contribution in [3.05, 3.63) is 30.3 Å². The molecule has 0 radical (unpaired) electrons. The van der Waals surface area contributed by atoms with Gasteiger partial charge in [0, 0.05) is 19.3 Å². The normalized spacial score (nSPS) is 21.8. The van der Waals surface area contributed by atoms with Gasteiger partial charge in [0.25, 0.3) is 0 Å². The minimum absolute atomic E-state index is 0.280. The molecule has 2 rings (SSSR count). The Balaban J connectivity index is 2.08. The summed E-state index contributed by atoms with van der Waals surface area (Å²) in [7, 11) is 2.09. The first-order chi connectivity index (χ1) is 6.38. The van der Waals surface area contributed by atoms with Crippen LogP contribution in [0.4, 0.5) is 5.69 Å². The van der Waals surface area contributed by atoms with Crippen LogP contribution in [0.15, 0.2) is 30.3 Å². The molecule has 0 bridgehead atoms. The van der Waals surface area contributed by atoms with Gasteiger partial charge in [-0.15, -0.1) is 0 Å². The Kier molecular flexibility index (Phi) is 2.50. The SMILES string of the molecule is CN(c1ccccc1)C1CCCO1. The van der Waals surface area contributed by atoms with E-state index in [4.69, 9.17) is 4.74 Å². The maximum atomic E-state index is 5.60. The Morgan fingerprint density at radius 3 is 2.69 bits per heavy atom. The second-order valence-electron chi connectivity index (χ2n) is 3.41. The molecule has 1 heterocycles. The van der Waals surface area contributed by atoms with Crippen molar-refractivity contribution < 1.29 is 4.74 Å². The molecule has 0 spiro atoms. The smallest absolute Gasteiger partial charge is 0.129 e. The van der Waals surface area contributed by atoms with Crippen molar-refractivity contribution in [1.82, 2.24) is 0 Å². The Morgan fingerprint density at radius 2 is 2.08 bits per heavy atom. The lowest BCUT2D eigenvalue weighted by Gasteiger charge is -2.25. The number of nitrogens with zero attached hydrogens (tertiary/aromatic N) is 1. The van der Waals surface area contributed by atoms with Crippen LogP contribution < -0.4 is 4.90 Å². The highest BCUT2D eigenvalue weighted by Crippen LogP contribution is 2.21. The number of benzene rings is 1. The summed E-state index contributed by atoms with van der Waals surface area (Å²) >= 11 is 0. The average molecular weight is 177 g/mol. The summed E-state index contributed by atoms with van der Waals surface area (Å²) in [5.74, 6) is 0. The van der Waals surface area contributed by atoms with Crippen molar-refractivity contribution in [2.45, 2.75) is 19.1 Å². The van der Waals surface area contributed by atoms with E-state index in [1.807, 2.05) is 6.07 Å². The molecule has 1 aliphatic heterocycles. The second-order valence-corrected chi connectivity index (χ2v) is 3.41. The van der Waals surface area contributed by atoms with E-state index >= 15 is 0 Å². The van der Waals surface area contributed by atoms with E-state index in [9.17, 15) is 0 Å². The number of hydrogen-bond acceptors (Lipinski definition) is 2. The quantitative estimate of drug-likeness (QED) is 0.687. The molecule has 2 heteroatoms. The molecule has 1 aliphatic rings. The highest BCUT2D eigenvalue weighted by Gasteiger charge is 2.19. The molecular formula is C11H15NO. The minimum atomic E-state index is 0.280. The Hall–Kier alpha value is -1.02. The summed E-state index contributed by atoms with van der Waals surface area (Å²) in [6.07, 6.45) is 2.61. The fourth-order valence-electron chi connectivity index (χ4n) is 1.70. The van der Waals surface area contributed by atoms with Crippen LogP contribution in [0.3, 0.4) is 0 Å². The predicted molar refractivity (Wildman–Crippen MR) is 53.8 cm³/mol. The van der Waals surface area contributed by atoms with Gasteiger partial charge in [0.1, 0.15) is 6.23 Å². The summed E-state index contributed by atoms with van der Waals surface area (Å²) in [4.78, 5) is 2.20. The largest absolute Gasteiger partial charge is 0.358 e. The summed E-state index contributed by atoms with van der Waals surface area (Å²) in [6.45, 7) is 0.905. The molecule has 1 aromatic rings. The zero-order valence-electron chi connectivity index (χ0n) is 7.94. The molecule has 1 atom stereocenters. The van der Waals surface area contributed by atoms with Gasteiger partial charge >= 0.3 is 0 Å². The van der Waals surface area contributed by atoms with Crippen molar-refractivity contribution >= 4 is 5.69 Å². The molecule has 1 aromatic carbocycles. The lowest BCUT2D eigenvalue weighted by molar-refractivity contribution is 0.111. The van der Waals surface area contributed by atoms with Gasteiger partial charge in [0.15, 0.2) is 0 Å². The Bertz CT molecular complexity index is 254. The molecule has 0 aromatic heterocycles. The summed E-state index contributed by atoms with van der Waals surface area (Å²) in [6, 6.07) is 10.4. The third-order valence-corrected chi connectivity index (χ3v) is 2.50. The van der Waals surface area contributed by atoms with Gasteiger partial charge in [-0.1, -0.05) is 18.2 Å². The van der Waals surface area contributed by atoms with Gasteiger partial charge in [-0.05, 0) is 25.0 Å². The Labute approximate surface area is 79.1 Å². The van der Waals surface area contributed by atoms with E-state index in [0.29, 0.717) is 0 Å². The molecule has 0 aliphatic carbocycles. The standard InChI is InChI=1S/C11H15NO/c1-12(11-8-5-9-13-11)10-6-3-2-4-7-10/h2-4,6-7,11H,5,8-9H2,1H3. The van der Waals surface area contributed by atoms with Crippen LogP contribution in [0.5, 0.6) is 0 Å². The van der Waals surface area contributed by atoms with Gasteiger partial charge in [-0.2, -0.15) is 0 Å². The fraction of sp³-hybridized carbons (Fsp3) is 0.455. The van der Waals surface area contributed by atoms with Crippen LogP contribution in [0.2, 0.25) is 0 Å². The lowest BCUT2D eigenvalue weighted by atomic mass is 10.2. The van der Waals surface area contributed by atoms with E-state index in [1.54, 1.807) is 0 Å². The number of para-hydroxylation sites is 1. The van der Waals surface area contributed by atoms with Crippen molar-refractivity contribution in [2.24, 2.45) is 0 Å². The third kappa shape index (κ3) is 1.83. The van der Waals surface area contributed by atoms with Gasteiger partial charge in [0.05, 0.1) is 0 Å². The van der Waals surface area contributed by atoms with Crippen LogP contribution in [-0.4, -0.2) is 19.9 Å². The molecule has 70 valence electrons. The molecule has 1 fully saturated rings. The van der Waals surface area contributed by atoms with E-state index in [-0.39, 0.29) is 6.23 Å². The average Bonchev–Trinajstić information content (AvgIpc) is 2.71. The number of ether oxygens (including phenoxy) is 1. The molecular weight excluding hydrogens is 162 g/mol. The molecule has 0 saturated carbocycles. The topological polar surface area (TPSA) is 12.5 Å². The molecule has 13 heavy (non-hydrogen) atoms. The molecule has 0 N–H and O–H groups in total. The van der Waals surface area contributed by atoms with Crippen molar-refractivity contribution in [1.29, 1.82) is 0 Å². The maximum Gasteiger partial charge on any atom is 0.129 e. The molecule has 1 saturated heterocycles. The number of hydrogen-bond donors (Lipinski definition) is 0. The van der Waals surface area contributed by atoms with E-state index < -0.39 is 0 Å². The predicted octanol–water partition coefficient (Wildman–Crippen LogP) is 2.26. The van der Waals surface area contributed by atoms with E-state index in [2.05, 4.69) is 36.2 Å². The zero-order chi connectivity index (χ0) is 9.10. The van der Waals surface area contributed by atoms with Crippen molar-refractivity contribution in [2.75, 3.05) is 18.6 Å². The highest BCUT2D eigenvalue weighted by molar-refractivity contribution is 5.45. The van der Waals surface area contributed by atoms with Gasteiger partial charge in [0.2, 0.25) is 0 Å². The van der Waals surface area contributed by atoms with Gasteiger partial charge < -0.3 is 9.64 Å². The maximum absolute atomic E-state index is 5.60. The van der Waals surface area contributed by atoms with Crippen molar-refractivity contribution in [3.8, 4) is 0 Å². The molecule has 1 unspecified atom stereocenters. The van der Waals surface area contributed by atoms with Crippen LogP contribution in [0.1, 0.15) is 12.8 Å². The van der Waals surface area contributed by atoms with Crippen LogP contribution in [0.25, 0.3) is 0 Å². The number of rotatable bonds is 2. The van der Waals surface area contributed by atoms with Crippen LogP contribution in [-0.2, 0) is 4.74 Å². The van der Waals surface area contributed by atoms with Gasteiger partial charge in [-0.25, -0.2) is 0 Å². The Morgan fingerprint density at radius 1 is 1.31 bits per heavy atom. The second kappa shape index (κ2) is 3.79. The van der Waals surface area contributed by atoms with Crippen molar-refractivity contribution in [3.63, 3.8) is 0 Å². The van der Waals surface area contributed by atoms with Crippen LogP contribution in [0, 0.1) is 0 Å². The molecule has 0 amide bonds. The van der Waals surface area contributed by atoms with Crippen LogP contribution >= 0.6 is 0 Å². The molecule has 2 nitrogen and oxygen atoms in total. The zero-order valence-corrected chi connectivity index (χ0v) is 7.94. The van der Waals surface area contributed by atoms with E-state index in [1.165, 1.54) is 12.1 Å². The fourth-order valence-corrected chi connectivity index (χ4v) is 1.70. The summed E-state index contributed by atoms with van der Waals surface area (Å²) < 4.78 is 5.60. The van der Waals surface area contributed by atoms with Gasteiger partial charge in [-0.3, -0.25) is 0 Å². The first-order valence-electron chi connectivity index (χ1n) is 4.77. The first-order valence-corrected chi connectivity index (χ1v) is 4.77. The monoisotopic (exact) mass is 177 g/mol. The lowest BCUT2D eigenvalue weighted by Crippen LogP contribution is -2.30.